The Balaban J connectivity index is 0.000000317. The van der Waals surface area contributed by atoms with Gasteiger partial charge in [-0.2, -0.15) is 0 Å². The summed E-state index contributed by atoms with van der Waals surface area (Å²) >= 11 is 0. The second-order valence-corrected chi connectivity index (χ2v) is 25.7. The zero-order valence-corrected chi connectivity index (χ0v) is 55.9. The van der Waals surface area contributed by atoms with E-state index in [4.69, 9.17) is 0 Å². The molecular weight excluding hydrogens is 1340 g/mol. The second kappa shape index (κ2) is 39.9. The molecule has 0 aliphatic rings. The van der Waals surface area contributed by atoms with E-state index in [0.29, 0.717) is 6.54 Å². The first kappa shape index (κ1) is 81.1. The van der Waals surface area contributed by atoms with Crippen molar-refractivity contribution in [2.75, 3.05) is 0 Å². The molecule has 6 aromatic carbocycles. The Hall–Kier alpha value is -6.88. The minimum atomic E-state index is -7.22. The van der Waals surface area contributed by atoms with Crippen molar-refractivity contribution in [2.45, 2.75) is 239 Å². The van der Waals surface area contributed by atoms with E-state index in [1.165, 1.54) is 228 Å². The fourth-order valence-corrected chi connectivity index (χ4v) is 13.3. The van der Waals surface area contributed by atoms with Gasteiger partial charge in [0.05, 0.1) is 0 Å². The SMILES string of the molecule is CCCCCCCCCCCCCCCCCCc1cccc2c1[nH]c(CCCCCCCCCCCCCCCCCC)[n+]2CC(=O)c1ccccc1.Fc1c(F)c(F)c([B-](c2c(F)c(F)c(F)c(F)c2F)(c2c(F)c(F)c(F)c(F)c2F)c2c(F)c(F)c(F)c(F)c2F)c(F)c1F. The molecule has 0 spiro atoms. The monoisotopic (exact) mass is 1420 g/mol. The number of halogens is 20. The Morgan fingerprint density at radius 1 is 0.303 bits per heavy atom. The number of fused-ring (bicyclic) bond motifs is 1. The molecule has 544 valence electrons. The van der Waals surface area contributed by atoms with Crippen LogP contribution in [-0.4, -0.2) is 16.9 Å². The van der Waals surface area contributed by atoms with Gasteiger partial charge in [-0.1, -0.05) is 249 Å². The Bertz CT molecular complexity index is 3390. The number of rotatable bonds is 41. The van der Waals surface area contributed by atoms with Gasteiger partial charge in [-0.15, -0.1) is 21.9 Å². The number of imidazole rings is 1. The van der Waals surface area contributed by atoms with Gasteiger partial charge in [-0.25, -0.2) is 97.4 Å². The zero-order chi connectivity index (χ0) is 72.5. The van der Waals surface area contributed by atoms with Crippen LogP contribution in [0.4, 0.5) is 87.8 Å². The number of aryl methyl sites for hydroxylation is 2. The van der Waals surface area contributed by atoms with Crippen molar-refractivity contribution < 1.29 is 97.2 Å². The van der Waals surface area contributed by atoms with Gasteiger partial charge in [0.15, 0.2) is 87.4 Å². The van der Waals surface area contributed by atoms with Gasteiger partial charge in [0.2, 0.25) is 5.78 Å². The number of aromatic nitrogens is 2. The summed E-state index contributed by atoms with van der Waals surface area (Å²) in [5.74, 6) is -70.0. The summed E-state index contributed by atoms with van der Waals surface area (Å²) in [6.07, 6.45) is 39.5. The number of hydrogen-bond donors (Lipinski definition) is 1. The van der Waals surface area contributed by atoms with Crippen molar-refractivity contribution >= 4 is 44.8 Å². The molecule has 0 saturated heterocycles. The van der Waals surface area contributed by atoms with Crippen LogP contribution in [0.3, 0.4) is 0 Å². The van der Waals surface area contributed by atoms with E-state index in [0.717, 1.165) is 18.4 Å². The molecule has 0 atom stereocenters. The third kappa shape index (κ3) is 19.8. The number of para-hydroxylation sites is 1. The third-order valence-corrected chi connectivity index (χ3v) is 18.7. The average molecular weight is 1420 g/mol. The highest BCUT2D eigenvalue weighted by Crippen LogP contribution is 2.32. The molecule has 0 aliphatic carbocycles. The highest BCUT2D eigenvalue weighted by molar-refractivity contribution is 7.20. The number of aromatic amines is 1. The molecule has 1 N–H and O–H groups in total. The number of Topliss-reactive ketones (excluding diaryl/α,β-unsaturated/α-hetero) is 1. The quantitative estimate of drug-likeness (QED) is 0.00775. The second-order valence-electron chi connectivity index (χ2n) is 25.7. The molecule has 24 heteroatoms. The Kier molecular flexibility index (Phi) is 32.7. The van der Waals surface area contributed by atoms with Crippen LogP contribution in [0.1, 0.15) is 241 Å². The molecule has 3 nitrogen and oxygen atoms in total. The average Bonchev–Trinajstić information content (AvgIpc) is 1.12. The Morgan fingerprint density at radius 3 is 0.838 bits per heavy atom. The predicted octanol–water partition coefficient (Wildman–Crippen LogP) is 21.8. The number of carbonyl (C=O) groups is 1. The summed E-state index contributed by atoms with van der Waals surface area (Å²) in [4.78, 5) is 17.3. The normalized spacial score (nSPS) is 11.8. The lowest BCUT2D eigenvalue weighted by Crippen LogP contribution is -2.81. The summed E-state index contributed by atoms with van der Waals surface area (Å²) < 4.78 is 296. The van der Waals surface area contributed by atoms with E-state index in [1.807, 2.05) is 30.3 Å². The van der Waals surface area contributed by atoms with E-state index < -0.39 is 144 Å². The molecule has 7 aromatic rings. The van der Waals surface area contributed by atoms with Crippen molar-refractivity contribution in [3.05, 3.63) is 182 Å². The molecule has 7 rings (SSSR count). The van der Waals surface area contributed by atoms with Gasteiger partial charge in [-0.05, 0) is 25.3 Å². The number of hydrogen-bond acceptors (Lipinski definition) is 1. The number of nitrogens with zero attached hydrogens (tertiary/aromatic N) is 1. The van der Waals surface area contributed by atoms with Crippen LogP contribution in [0, 0.1) is 116 Å². The lowest BCUT2D eigenvalue weighted by Gasteiger charge is -2.44. The third-order valence-electron chi connectivity index (χ3n) is 18.7. The molecule has 0 radical (unpaired) electrons. The molecule has 0 aliphatic heterocycles. The number of benzene rings is 6. The minimum absolute atomic E-state index is 0.193. The van der Waals surface area contributed by atoms with Gasteiger partial charge >= 0.3 is 0 Å². The van der Waals surface area contributed by atoms with Crippen molar-refractivity contribution in [1.82, 2.24) is 4.98 Å². The summed E-state index contributed by atoms with van der Waals surface area (Å²) in [6.45, 7) is 5.00. The fourth-order valence-electron chi connectivity index (χ4n) is 13.3. The van der Waals surface area contributed by atoms with Gasteiger partial charge in [0.1, 0.15) is 52.7 Å². The van der Waals surface area contributed by atoms with E-state index >= 15 is 35.1 Å². The summed E-state index contributed by atoms with van der Waals surface area (Å²) in [5.41, 5.74) is -9.66. The van der Waals surface area contributed by atoms with E-state index in [9.17, 15) is 57.5 Å². The molecule has 0 fully saturated rings. The van der Waals surface area contributed by atoms with E-state index in [2.05, 4.69) is 41.6 Å². The maximum Gasteiger partial charge on any atom is 0.255 e. The maximum atomic E-state index is 15.4. The Morgan fingerprint density at radius 2 is 0.556 bits per heavy atom. The molecule has 1 aromatic heterocycles. The zero-order valence-electron chi connectivity index (χ0n) is 55.9. The van der Waals surface area contributed by atoms with Crippen LogP contribution in [0.15, 0.2) is 48.5 Å². The first-order valence-electron chi connectivity index (χ1n) is 34.8. The number of carbonyl (C=O) groups excluding carboxylic acids is 1. The lowest BCUT2D eigenvalue weighted by atomic mass is 9.12. The van der Waals surface area contributed by atoms with Crippen molar-refractivity contribution in [1.29, 1.82) is 0 Å². The minimum Gasteiger partial charge on any atom is -0.290 e. The van der Waals surface area contributed by atoms with Crippen LogP contribution >= 0.6 is 0 Å². The van der Waals surface area contributed by atoms with Crippen LogP contribution in [0.5, 0.6) is 0 Å². The van der Waals surface area contributed by atoms with Crippen LogP contribution < -0.4 is 26.4 Å². The lowest BCUT2D eigenvalue weighted by molar-refractivity contribution is -0.664. The standard InChI is InChI=1S/C51H84N2O.C24BF20/c1-3-5-7-9-11-13-15-17-19-21-23-25-27-29-31-34-41-47-42-38-43-48-51(47)52-50(53(48)45-49(54)46-39-35-33-36-40-46)44-37-32-30-28-26-24-22-20-18-16-14-12-10-8-6-4-2;26-5-1(6(27)14(35)21(42)13(5)34)25(2-7(28)15(36)22(43)16(37)8(2)29,3-9(30)17(38)23(44)18(39)10(3)31)4-11(32)19(40)24(45)20(41)12(4)33/h33,35-36,38-40,42-43H,3-32,34,37,41,44-45H2,1-2H3;/q;-1/p+1. The van der Waals surface area contributed by atoms with E-state index in [-0.39, 0.29) is 5.78 Å². The summed E-state index contributed by atoms with van der Waals surface area (Å²) in [7, 11) is 0. The maximum absolute atomic E-state index is 15.4. The fraction of sp³-hybridized carbons (Fsp3) is 0.493. The van der Waals surface area contributed by atoms with Crippen molar-refractivity contribution in [3.8, 4) is 0 Å². The van der Waals surface area contributed by atoms with Gasteiger partial charge in [0, 0.05) is 17.5 Å². The predicted molar refractivity (Wildman–Crippen MR) is 345 cm³/mol. The number of ketones is 1. The molecular formula is C75H85BF20N2O. The van der Waals surface area contributed by atoms with Gasteiger partial charge in [0.25, 0.3) is 5.82 Å². The summed E-state index contributed by atoms with van der Waals surface area (Å²) in [6, 6.07) is 16.6. The highest BCUT2D eigenvalue weighted by Gasteiger charge is 2.52. The van der Waals surface area contributed by atoms with Crippen LogP contribution in [0.2, 0.25) is 0 Å². The topological polar surface area (TPSA) is 36.7 Å². The van der Waals surface area contributed by atoms with Crippen molar-refractivity contribution in [2.24, 2.45) is 0 Å². The molecule has 0 amide bonds. The summed E-state index contributed by atoms with van der Waals surface area (Å²) in [5, 5.41) is 0. The first-order chi connectivity index (χ1) is 47.4. The van der Waals surface area contributed by atoms with Crippen LogP contribution in [0.25, 0.3) is 11.0 Å². The highest BCUT2D eigenvalue weighted by atomic mass is 19.2. The van der Waals surface area contributed by atoms with Crippen LogP contribution in [-0.2, 0) is 19.4 Å². The molecule has 99 heavy (non-hydrogen) atoms. The molecule has 0 bridgehead atoms. The smallest absolute Gasteiger partial charge is 0.255 e. The number of H-pyrrole nitrogens is 1. The van der Waals surface area contributed by atoms with Gasteiger partial charge < -0.3 is 0 Å². The molecule has 0 unspecified atom stereocenters. The van der Waals surface area contributed by atoms with Gasteiger partial charge in [-0.3, -0.25) is 4.79 Å². The van der Waals surface area contributed by atoms with Crippen molar-refractivity contribution in [3.63, 3.8) is 0 Å². The van der Waals surface area contributed by atoms with E-state index in [1.54, 1.807) is 0 Å². The Labute approximate surface area is 565 Å². The number of nitrogens with one attached hydrogen (secondary N) is 1. The molecule has 1 heterocycles. The number of unbranched alkanes of at least 4 members (excludes halogenated alkanes) is 30. The first-order valence-corrected chi connectivity index (χ1v) is 34.8. The largest absolute Gasteiger partial charge is 0.290 e. The molecule has 0 saturated carbocycles.